The standard InChI is InChI=1S/C10H9BrN2O2/c1-6-8(5-14)10(15-13-6)9-3-2-7(11)4-12-9/h2-4,14H,5H2,1H3. The van der Waals surface area contributed by atoms with Crippen molar-refractivity contribution in [2.24, 2.45) is 0 Å². The second kappa shape index (κ2) is 4.12. The maximum atomic E-state index is 9.17. The molecule has 0 unspecified atom stereocenters. The van der Waals surface area contributed by atoms with E-state index in [0.717, 1.165) is 4.47 Å². The van der Waals surface area contributed by atoms with Crippen molar-refractivity contribution in [2.45, 2.75) is 13.5 Å². The number of nitrogens with zero attached hydrogens (tertiary/aromatic N) is 2. The molecule has 0 aliphatic heterocycles. The highest BCUT2D eigenvalue weighted by molar-refractivity contribution is 9.10. The number of aliphatic hydroxyl groups is 1. The van der Waals surface area contributed by atoms with E-state index >= 15 is 0 Å². The molecular weight excluding hydrogens is 260 g/mol. The number of pyridine rings is 1. The van der Waals surface area contributed by atoms with Gasteiger partial charge >= 0.3 is 0 Å². The first-order valence-electron chi connectivity index (χ1n) is 4.40. The predicted molar refractivity (Wildman–Crippen MR) is 58.1 cm³/mol. The normalized spacial score (nSPS) is 10.6. The first kappa shape index (κ1) is 10.3. The molecule has 0 aliphatic carbocycles. The van der Waals surface area contributed by atoms with Crippen molar-refractivity contribution >= 4 is 15.9 Å². The van der Waals surface area contributed by atoms with Crippen LogP contribution in [0.2, 0.25) is 0 Å². The van der Waals surface area contributed by atoms with E-state index < -0.39 is 0 Å². The van der Waals surface area contributed by atoms with Gasteiger partial charge in [0.25, 0.3) is 0 Å². The third-order valence-corrected chi connectivity index (χ3v) is 2.57. The summed E-state index contributed by atoms with van der Waals surface area (Å²) in [7, 11) is 0. The lowest BCUT2D eigenvalue weighted by molar-refractivity contribution is 0.280. The Hall–Kier alpha value is -1.20. The second-order valence-corrected chi connectivity index (χ2v) is 4.01. The maximum Gasteiger partial charge on any atom is 0.190 e. The predicted octanol–water partition coefficient (Wildman–Crippen LogP) is 2.30. The van der Waals surface area contributed by atoms with Crippen LogP contribution in [0, 0.1) is 6.92 Å². The van der Waals surface area contributed by atoms with Crippen LogP contribution in [0.15, 0.2) is 27.3 Å². The highest BCUT2D eigenvalue weighted by Gasteiger charge is 2.14. The van der Waals surface area contributed by atoms with Gasteiger partial charge in [-0.3, -0.25) is 4.98 Å². The van der Waals surface area contributed by atoms with Crippen molar-refractivity contribution in [3.63, 3.8) is 0 Å². The number of hydrogen-bond acceptors (Lipinski definition) is 4. The van der Waals surface area contributed by atoms with Crippen molar-refractivity contribution in [2.75, 3.05) is 0 Å². The van der Waals surface area contributed by atoms with E-state index in [4.69, 9.17) is 9.63 Å². The molecule has 2 rings (SSSR count). The molecule has 2 heterocycles. The minimum absolute atomic E-state index is 0.0948. The first-order chi connectivity index (χ1) is 7.22. The molecule has 1 N–H and O–H groups in total. The molecular formula is C10H9BrN2O2. The molecule has 0 atom stereocenters. The van der Waals surface area contributed by atoms with Crippen LogP contribution in [0.1, 0.15) is 11.3 Å². The third kappa shape index (κ3) is 1.93. The SMILES string of the molecule is Cc1noc(-c2ccc(Br)cn2)c1CO. The monoisotopic (exact) mass is 268 g/mol. The Morgan fingerprint density at radius 3 is 2.87 bits per heavy atom. The summed E-state index contributed by atoms with van der Waals surface area (Å²) in [6, 6.07) is 3.67. The van der Waals surface area contributed by atoms with Gasteiger partial charge in [0.2, 0.25) is 0 Å². The van der Waals surface area contributed by atoms with Crippen molar-refractivity contribution in [3.8, 4) is 11.5 Å². The largest absolute Gasteiger partial charge is 0.391 e. The van der Waals surface area contributed by atoms with Crippen LogP contribution in [0.5, 0.6) is 0 Å². The van der Waals surface area contributed by atoms with Gasteiger partial charge in [-0.25, -0.2) is 0 Å². The van der Waals surface area contributed by atoms with Gasteiger partial charge in [0, 0.05) is 16.2 Å². The van der Waals surface area contributed by atoms with Crippen LogP contribution in [0.3, 0.4) is 0 Å². The Kier molecular flexibility index (Phi) is 2.83. The smallest absolute Gasteiger partial charge is 0.190 e. The van der Waals surface area contributed by atoms with Crippen molar-refractivity contribution in [1.82, 2.24) is 10.1 Å². The summed E-state index contributed by atoms with van der Waals surface area (Å²) in [6.07, 6.45) is 1.67. The van der Waals surface area contributed by atoms with Crippen LogP contribution in [0.25, 0.3) is 11.5 Å². The summed E-state index contributed by atoms with van der Waals surface area (Å²) < 4.78 is 6.02. The van der Waals surface area contributed by atoms with Gasteiger partial charge in [-0.05, 0) is 35.0 Å². The molecule has 0 bridgehead atoms. The lowest BCUT2D eigenvalue weighted by Gasteiger charge is -1.98. The molecule has 15 heavy (non-hydrogen) atoms. The van der Waals surface area contributed by atoms with Gasteiger partial charge in [-0.15, -0.1) is 0 Å². The van der Waals surface area contributed by atoms with Crippen molar-refractivity contribution in [1.29, 1.82) is 0 Å². The summed E-state index contributed by atoms with van der Waals surface area (Å²) in [6.45, 7) is 1.69. The first-order valence-corrected chi connectivity index (χ1v) is 5.19. The Balaban J connectivity index is 2.49. The van der Waals surface area contributed by atoms with E-state index in [2.05, 4.69) is 26.1 Å². The molecule has 5 heteroatoms. The number of aliphatic hydroxyl groups excluding tert-OH is 1. The van der Waals surface area contributed by atoms with Gasteiger partial charge in [-0.1, -0.05) is 5.16 Å². The number of aromatic nitrogens is 2. The van der Waals surface area contributed by atoms with E-state index in [-0.39, 0.29) is 6.61 Å². The fourth-order valence-corrected chi connectivity index (χ4v) is 1.52. The number of aryl methyl sites for hydroxylation is 1. The maximum absolute atomic E-state index is 9.17. The summed E-state index contributed by atoms with van der Waals surface area (Å²) in [5.41, 5.74) is 2.05. The Morgan fingerprint density at radius 1 is 1.47 bits per heavy atom. The molecule has 78 valence electrons. The van der Waals surface area contributed by atoms with Crippen LogP contribution >= 0.6 is 15.9 Å². The molecule has 0 amide bonds. The lowest BCUT2D eigenvalue weighted by atomic mass is 10.1. The Morgan fingerprint density at radius 2 is 2.27 bits per heavy atom. The zero-order chi connectivity index (χ0) is 10.8. The average Bonchev–Trinajstić information content (AvgIpc) is 2.61. The van der Waals surface area contributed by atoms with Crippen LogP contribution in [0.4, 0.5) is 0 Å². The molecule has 0 saturated carbocycles. The molecule has 0 aromatic carbocycles. The zero-order valence-electron chi connectivity index (χ0n) is 8.07. The lowest BCUT2D eigenvalue weighted by Crippen LogP contribution is -1.89. The Bertz CT molecular complexity index is 465. The van der Waals surface area contributed by atoms with E-state index in [1.807, 2.05) is 12.1 Å². The number of rotatable bonds is 2. The summed E-state index contributed by atoms with van der Waals surface area (Å²) in [5.74, 6) is 0.530. The zero-order valence-corrected chi connectivity index (χ0v) is 9.65. The molecule has 2 aromatic heterocycles. The average molecular weight is 269 g/mol. The number of hydrogen-bond donors (Lipinski definition) is 1. The van der Waals surface area contributed by atoms with Gasteiger partial charge in [-0.2, -0.15) is 0 Å². The minimum atomic E-state index is -0.0948. The summed E-state index contributed by atoms with van der Waals surface area (Å²) in [5, 5.41) is 13.0. The second-order valence-electron chi connectivity index (χ2n) is 3.10. The van der Waals surface area contributed by atoms with E-state index in [1.165, 1.54) is 0 Å². The fraction of sp³-hybridized carbons (Fsp3) is 0.200. The Labute approximate surface area is 95.1 Å². The van der Waals surface area contributed by atoms with E-state index in [1.54, 1.807) is 13.1 Å². The fourth-order valence-electron chi connectivity index (χ4n) is 1.29. The van der Waals surface area contributed by atoms with Gasteiger partial charge in [0.05, 0.1) is 12.3 Å². The van der Waals surface area contributed by atoms with E-state index in [9.17, 15) is 0 Å². The summed E-state index contributed by atoms with van der Waals surface area (Å²) >= 11 is 3.30. The van der Waals surface area contributed by atoms with Crippen LogP contribution in [-0.2, 0) is 6.61 Å². The molecule has 4 nitrogen and oxygen atoms in total. The topological polar surface area (TPSA) is 59.2 Å². The molecule has 0 radical (unpaired) electrons. The quantitative estimate of drug-likeness (QED) is 0.908. The van der Waals surface area contributed by atoms with E-state index in [0.29, 0.717) is 22.7 Å². The molecule has 0 fully saturated rings. The molecule has 0 aliphatic rings. The van der Waals surface area contributed by atoms with Crippen molar-refractivity contribution in [3.05, 3.63) is 34.1 Å². The molecule has 2 aromatic rings. The molecule has 0 saturated heterocycles. The summed E-state index contributed by atoms with van der Waals surface area (Å²) in [4.78, 5) is 4.18. The highest BCUT2D eigenvalue weighted by atomic mass is 79.9. The minimum Gasteiger partial charge on any atom is -0.391 e. The van der Waals surface area contributed by atoms with Gasteiger partial charge < -0.3 is 9.63 Å². The van der Waals surface area contributed by atoms with Crippen molar-refractivity contribution < 1.29 is 9.63 Å². The van der Waals surface area contributed by atoms with Crippen LogP contribution < -0.4 is 0 Å². The third-order valence-electron chi connectivity index (χ3n) is 2.10. The van der Waals surface area contributed by atoms with Gasteiger partial charge in [0.1, 0.15) is 5.69 Å². The van der Waals surface area contributed by atoms with Crippen LogP contribution in [-0.4, -0.2) is 15.2 Å². The van der Waals surface area contributed by atoms with Gasteiger partial charge in [0.15, 0.2) is 5.76 Å². The number of halogens is 1. The molecule has 0 spiro atoms. The highest BCUT2D eigenvalue weighted by Crippen LogP contribution is 2.25.